The summed E-state index contributed by atoms with van der Waals surface area (Å²) in [6, 6.07) is 0.107. The number of nitro groups is 1. The van der Waals surface area contributed by atoms with Gasteiger partial charge in [-0.05, 0) is 30.1 Å². The van der Waals surface area contributed by atoms with Crippen molar-refractivity contribution in [2.45, 2.75) is 33.2 Å². The van der Waals surface area contributed by atoms with Crippen LogP contribution in [0.4, 0.5) is 11.6 Å². The van der Waals surface area contributed by atoms with E-state index < -0.39 is 0 Å². The fraction of sp³-hybridized carbons (Fsp3) is 0.667. The Morgan fingerprint density at radius 2 is 2.17 bits per heavy atom. The van der Waals surface area contributed by atoms with E-state index in [0.29, 0.717) is 22.6 Å². The molecular weight excluding hydrogens is 314 g/mol. The van der Waals surface area contributed by atoms with Crippen LogP contribution < -0.4 is 5.32 Å². The molecule has 3 rings (SSSR count). The maximum absolute atomic E-state index is 11.4. The normalized spacial score (nSPS) is 24.0. The molecule has 1 fully saturated rings. The highest BCUT2D eigenvalue weighted by atomic mass is 32.1. The van der Waals surface area contributed by atoms with E-state index in [1.54, 1.807) is 11.6 Å². The third-order valence-electron chi connectivity index (χ3n) is 4.27. The van der Waals surface area contributed by atoms with Gasteiger partial charge in [-0.2, -0.15) is 9.38 Å². The van der Waals surface area contributed by atoms with Crippen molar-refractivity contribution in [3.05, 3.63) is 21.7 Å². The Morgan fingerprint density at radius 3 is 2.83 bits per heavy atom. The summed E-state index contributed by atoms with van der Waals surface area (Å²) in [5.41, 5.74) is 0. The highest BCUT2D eigenvalue weighted by Gasteiger charge is 2.27. The summed E-state index contributed by atoms with van der Waals surface area (Å²) in [7, 11) is 0. The molecule has 1 aliphatic rings. The van der Waals surface area contributed by atoms with E-state index in [1.807, 2.05) is 0 Å². The summed E-state index contributed by atoms with van der Waals surface area (Å²) < 4.78 is 1.53. The largest absolute Gasteiger partial charge is 0.372 e. The Hall–Kier alpha value is -1.67. The molecule has 0 unspecified atom stereocenters. The molecule has 2 aromatic heterocycles. The van der Waals surface area contributed by atoms with Crippen molar-refractivity contribution >= 4 is 27.9 Å². The van der Waals surface area contributed by atoms with Gasteiger partial charge in [0.1, 0.15) is 6.20 Å². The summed E-state index contributed by atoms with van der Waals surface area (Å²) in [6.07, 6.45) is 2.97. The van der Waals surface area contributed by atoms with Gasteiger partial charge < -0.3 is 20.3 Å². The molecule has 0 saturated carbocycles. The summed E-state index contributed by atoms with van der Waals surface area (Å²) in [4.78, 5) is 18.4. The van der Waals surface area contributed by atoms with Crippen LogP contribution in [-0.4, -0.2) is 44.9 Å². The van der Waals surface area contributed by atoms with E-state index >= 15 is 0 Å². The second-order valence-corrected chi connectivity index (χ2v) is 7.68. The van der Waals surface area contributed by atoms with Crippen LogP contribution in [0, 0.1) is 22.0 Å². The maximum Gasteiger partial charge on any atom is 0.372 e. The number of hydrogen-bond donors (Lipinski definition) is 1. The zero-order valence-electron chi connectivity index (χ0n) is 13.7. The van der Waals surface area contributed by atoms with Gasteiger partial charge in [0.05, 0.1) is 0 Å². The Bertz CT molecular complexity index is 687. The predicted molar refractivity (Wildman–Crippen MR) is 92.2 cm³/mol. The minimum atomic E-state index is -0.368. The highest BCUT2D eigenvalue weighted by Crippen LogP contribution is 2.29. The number of rotatable bonds is 5. The fourth-order valence-electron chi connectivity index (χ4n) is 3.65. The topological polar surface area (TPSA) is 75.7 Å². The number of nitrogens with one attached hydrogen (secondary N) is 1. The fourth-order valence-corrected chi connectivity index (χ4v) is 4.36. The number of fused-ring (bicyclic) bond motifs is 1. The third kappa shape index (κ3) is 3.48. The average Bonchev–Trinajstić information content (AvgIpc) is 2.96. The number of thiazole rings is 1. The van der Waals surface area contributed by atoms with Crippen molar-refractivity contribution in [2.75, 3.05) is 25.0 Å². The van der Waals surface area contributed by atoms with Gasteiger partial charge in [0.15, 0.2) is 0 Å². The zero-order valence-corrected chi connectivity index (χ0v) is 14.5. The lowest BCUT2D eigenvalue weighted by Crippen LogP contribution is -2.43. The first-order valence-electron chi connectivity index (χ1n) is 8.03. The van der Waals surface area contributed by atoms with Crippen LogP contribution in [0.5, 0.6) is 0 Å². The molecule has 0 aromatic carbocycles. The molecule has 3 atom stereocenters. The van der Waals surface area contributed by atoms with Gasteiger partial charge in [-0.1, -0.05) is 25.2 Å². The van der Waals surface area contributed by atoms with Crippen LogP contribution in [0.1, 0.15) is 27.2 Å². The van der Waals surface area contributed by atoms with E-state index in [0.717, 1.165) is 19.6 Å². The van der Waals surface area contributed by atoms with Gasteiger partial charge in [-0.3, -0.25) is 0 Å². The highest BCUT2D eigenvalue weighted by molar-refractivity contribution is 7.15. The van der Waals surface area contributed by atoms with Gasteiger partial charge in [-0.15, -0.1) is 0 Å². The first kappa shape index (κ1) is 16.2. The van der Waals surface area contributed by atoms with E-state index in [2.05, 4.69) is 36.0 Å². The predicted octanol–water partition coefficient (Wildman–Crippen LogP) is 3.08. The summed E-state index contributed by atoms with van der Waals surface area (Å²) >= 11 is 1.40. The van der Waals surface area contributed by atoms with E-state index in [9.17, 15) is 10.1 Å². The van der Waals surface area contributed by atoms with Crippen molar-refractivity contribution in [3.63, 3.8) is 0 Å². The number of nitrogens with zero attached hydrogens (tertiary/aromatic N) is 4. The van der Waals surface area contributed by atoms with Crippen LogP contribution in [-0.2, 0) is 0 Å². The standard InChI is InChI=1S/C15H23N5O2S/c1-10-6-11(2)8-18(7-10)9-12(3)16-13-14(20(21)22)19-4-5-23-15(19)17-13/h4-5,10-12,16H,6-9H2,1-3H3/t10-,11+,12-/m0/s1. The Kier molecular flexibility index (Phi) is 4.54. The van der Waals surface area contributed by atoms with Gasteiger partial charge in [0, 0.05) is 31.1 Å². The van der Waals surface area contributed by atoms with Gasteiger partial charge in [0.2, 0.25) is 5.82 Å². The SMILES string of the molecule is C[C@@H]1C[C@H](C)CN(C[C@H](C)Nc2nc3sccn3c2[N+](=O)[O-])C1. The third-order valence-corrected chi connectivity index (χ3v) is 5.03. The summed E-state index contributed by atoms with van der Waals surface area (Å²) in [5.74, 6) is 1.80. The molecule has 1 N–H and O–H groups in total. The molecule has 0 spiro atoms. The Balaban J connectivity index is 1.70. The second-order valence-electron chi connectivity index (χ2n) is 6.81. The monoisotopic (exact) mass is 337 g/mol. The molecule has 0 bridgehead atoms. The van der Waals surface area contributed by atoms with Crippen molar-refractivity contribution in [1.29, 1.82) is 0 Å². The molecule has 0 radical (unpaired) electrons. The summed E-state index contributed by atoms with van der Waals surface area (Å²) in [6.45, 7) is 9.69. The number of anilines is 1. The summed E-state index contributed by atoms with van der Waals surface area (Å²) in [5, 5.41) is 16.4. The number of aromatic nitrogens is 2. The quantitative estimate of drug-likeness (QED) is 0.670. The lowest BCUT2D eigenvalue weighted by atomic mass is 9.92. The van der Waals surface area contributed by atoms with Crippen molar-refractivity contribution < 1.29 is 4.92 Å². The van der Waals surface area contributed by atoms with Gasteiger partial charge in [0.25, 0.3) is 4.96 Å². The minimum absolute atomic E-state index is 0.0217. The van der Waals surface area contributed by atoms with Crippen LogP contribution in [0.3, 0.4) is 0 Å². The molecule has 3 heterocycles. The molecular formula is C15H23N5O2S. The van der Waals surface area contributed by atoms with E-state index in [-0.39, 0.29) is 16.8 Å². The maximum atomic E-state index is 11.4. The minimum Gasteiger partial charge on any atom is -0.359 e. The lowest BCUT2D eigenvalue weighted by Gasteiger charge is -2.36. The zero-order chi connectivity index (χ0) is 16.6. The molecule has 126 valence electrons. The van der Waals surface area contributed by atoms with E-state index in [1.165, 1.54) is 22.2 Å². The van der Waals surface area contributed by atoms with Crippen LogP contribution in [0.25, 0.3) is 4.96 Å². The molecule has 23 heavy (non-hydrogen) atoms. The molecule has 1 aliphatic heterocycles. The van der Waals surface area contributed by atoms with Crippen LogP contribution >= 0.6 is 11.3 Å². The molecule has 0 amide bonds. The Morgan fingerprint density at radius 1 is 1.48 bits per heavy atom. The average molecular weight is 337 g/mol. The molecule has 1 saturated heterocycles. The lowest BCUT2D eigenvalue weighted by molar-refractivity contribution is -0.389. The van der Waals surface area contributed by atoms with Crippen molar-refractivity contribution in [2.24, 2.45) is 11.8 Å². The number of imidazole rings is 1. The number of piperidine rings is 1. The number of hydrogen-bond acceptors (Lipinski definition) is 6. The first-order valence-corrected chi connectivity index (χ1v) is 8.90. The van der Waals surface area contributed by atoms with Gasteiger partial charge in [-0.25, -0.2) is 0 Å². The molecule has 7 nitrogen and oxygen atoms in total. The van der Waals surface area contributed by atoms with Crippen molar-refractivity contribution in [3.8, 4) is 0 Å². The van der Waals surface area contributed by atoms with E-state index in [4.69, 9.17) is 0 Å². The Labute approximate surface area is 139 Å². The molecule has 0 aliphatic carbocycles. The molecule has 8 heteroatoms. The first-order chi connectivity index (χ1) is 10.9. The van der Waals surface area contributed by atoms with Crippen LogP contribution in [0.2, 0.25) is 0 Å². The van der Waals surface area contributed by atoms with Crippen molar-refractivity contribution in [1.82, 2.24) is 14.3 Å². The van der Waals surface area contributed by atoms with Gasteiger partial charge >= 0.3 is 5.82 Å². The molecule has 2 aromatic rings. The van der Waals surface area contributed by atoms with Crippen LogP contribution in [0.15, 0.2) is 11.6 Å². The smallest absolute Gasteiger partial charge is 0.359 e. The second kappa shape index (κ2) is 6.45. The number of likely N-dealkylation sites (tertiary alicyclic amines) is 1.